The summed E-state index contributed by atoms with van der Waals surface area (Å²) in [6, 6.07) is 6.32. The van der Waals surface area contributed by atoms with Crippen LogP contribution in [-0.4, -0.2) is 42.7 Å². The summed E-state index contributed by atoms with van der Waals surface area (Å²) in [5, 5.41) is 11.7. The van der Waals surface area contributed by atoms with Crippen LogP contribution in [0.3, 0.4) is 0 Å². The molecule has 1 aliphatic rings. The quantitative estimate of drug-likeness (QED) is 0.826. The van der Waals surface area contributed by atoms with Crippen LogP contribution in [0.2, 0.25) is 0 Å². The number of hydrogen-bond acceptors (Lipinski definition) is 4. The Kier molecular flexibility index (Phi) is 3.89. The van der Waals surface area contributed by atoms with Crippen molar-refractivity contribution in [3.8, 4) is 5.75 Å². The second kappa shape index (κ2) is 5.60. The summed E-state index contributed by atoms with van der Waals surface area (Å²) in [7, 11) is 0. The molecule has 1 amide bonds. The van der Waals surface area contributed by atoms with Crippen LogP contribution in [0, 0.1) is 0 Å². The van der Waals surface area contributed by atoms with Crippen LogP contribution in [0.4, 0.5) is 5.69 Å². The summed E-state index contributed by atoms with van der Waals surface area (Å²) >= 11 is 0. The van der Waals surface area contributed by atoms with E-state index < -0.39 is 12.0 Å². The third-order valence-electron chi connectivity index (χ3n) is 2.95. The molecule has 6 heteroatoms. The van der Waals surface area contributed by atoms with E-state index in [1.54, 1.807) is 29.2 Å². The van der Waals surface area contributed by atoms with Crippen molar-refractivity contribution in [3.63, 3.8) is 0 Å². The predicted molar refractivity (Wildman–Crippen MR) is 69.4 cm³/mol. The molecule has 19 heavy (non-hydrogen) atoms. The molecule has 2 rings (SSSR count). The number of aliphatic carboxylic acids is 1. The fourth-order valence-electron chi connectivity index (χ4n) is 2.03. The van der Waals surface area contributed by atoms with Crippen molar-refractivity contribution in [2.75, 3.05) is 24.6 Å². The molecular weight excluding hydrogens is 248 g/mol. The first kappa shape index (κ1) is 13.2. The highest BCUT2D eigenvalue weighted by Gasteiger charge is 2.31. The minimum Gasteiger partial charge on any atom is -0.494 e. The lowest BCUT2D eigenvalue weighted by Crippen LogP contribution is -2.57. The number of carboxylic acid groups (broad SMARTS) is 1. The van der Waals surface area contributed by atoms with Gasteiger partial charge in [-0.3, -0.25) is 4.79 Å². The van der Waals surface area contributed by atoms with Gasteiger partial charge in [0, 0.05) is 12.2 Å². The molecule has 0 spiro atoms. The summed E-state index contributed by atoms with van der Waals surface area (Å²) in [6.45, 7) is 2.62. The largest absolute Gasteiger partial charge is 0.494 e. The molecule has 1 aliphatic heterocycles. The van der Waals surface area contributed by atoms with Crippen LogP contribution in [0.25, 0.3) is 0 Å². The number of piperazine rings is 1. The van der Waals surface area contributed by atoms with Crippen molar-refractivity contribution in [2.45, 2.75) is 13.0 Å². The van der Waals surface area contributed by atoms with Gasteiger partial charge < -0.3 is 20.1 Å². The van der Waals surface area contributed by atoms with E-state index in [9.17, 15) is 14.7 Å². The maximum Gasteiger partial charge on any atom is 0.328 e. The summed E-state index contributed by atoms with van der Waals surface area (Å²) in [6.07, 6.45) is 0. The number of nitrogens with zero attached hydrogens (tertiary/aromatic N) is 1. The maximum absolute atomic E-state index is 11.4. The van der Waals surface area contributed by atoms with Gasteiger partial charge in [0.1, 0.15) is 11.8 Å². The van der Waals surface area contributed by atoms with Crippen LogP contribution >= 0.6 is 0 Å². The lowest BCUT2D eigenvalue weighted by Gasteiger charge is -2.34. The van der Waals surface area contributed by atoms with Gasteiger partial charge in [-0.2, -0.15) is 0 Å². The normalized spacial score (nSPS) is 18.9. The standard InChI is InChI=1S/C13H16N2O4/c1-2-19-10-5-3-9(4-6-10)15-8-12(16)14-7-11(15)13(17)18/h3-6,11H,2,7-8H2,1H3,(H,14,16)(H,17,18). The minimum absolute atomic E-state index is 0.0466. The van der Waals surface area contributed by atoms with Gasteiger partial charge in [0.05, 0.1) is 13.2 Å². The molecule has 0 aliphatic carbocycles. The Labute approximate surface area is 111 Å². The Morgan fingerprint density at radius 2 is 2.16 bits per heavy atom. The molecule has 0 aromatic heterocycles. The van der Waals surface area contributed by atoms with Crippen molar-refractivity contribution in [2.24, 2.45) is 0 Å². The van der Waals surface area contributed by atoms with E-state index in [-0.39, 0.29) is 19.0 Å². The van der Waals surface area contributed by atoms with Gasteiger partial charge >= 0.3 is 5.97 Å². The SMILES string of the molecule is CCOc1ccc(N2CC(=O)NCC2C(=O)O)cc1. The van der Waals surface area contributed by atoms with Crippen molar-refractivity contribution < 1.29 is 19.4 Å². The van der Waals surface area contributed by atoms with E-state index in [0.29, 0.717) is 12.3 Å². The topological polar surface area (TPSA) is 78.9 Å². The van der Waals surface area contributed by atoms with Crippen LogP contribution in [0.1, 0.15) is 6.92 Å². The zero-order valence-corrected chi connectivity index (χ0v) is 10.6. The van der Waals surface area contributed by atoms with Gasteiger partial charge in [0.25, 0.3) is 0 Å². The summed E-state index contributed by atoms with van der Waals surface area (Å²) in [4.78, 5) is 24.2. The van der Waals surface area contributed by atoms with Crippen molar-refractivity contribution in [1.82, 2.24) is 5.32 Å². The highest BCUT2D eigenvalue weighted by molar-refractivity contribution is 5.89. The molecule has 1 unspecified atom stereocenters. The van der Waals surface area contributed by atoms with E-state index in [1.807, 2.05) is 6.92 Å². The average Bonchev–Trinajstić information content (AvgIpc) is 2.39. The number of rotatable bonds is 4. The number of benzene rings is 1. The van der Waals surface area contributed by atoms with Crippen LogP contribution in [0.5, 0.6) is 5.75 Å². The van der Waals surface area contributed by atoms with Crippen molar-refractivity contribution in [1.29, 1.82) is 0 Å². The number of amides is 1. The molecule has 6 nitrogen and oxygen atoms in total. The van der Waals surface area contributed by atoms with Crippen molar-refractivity contribution in [3.05, 3.63) is 24.3 Å². The Bertz CT molecular complexity index is 472. The molecular formula is C13H16N2O4. The van der Waals surface area contributed by atoms with E-state index in [2.05, 4.69) is 5.32 Å². The molecule has 1 aromatic rings. The van der Waals surface area contributed by atoms with Crippen LogP contribution in [-0.2, 0) is 9.59 Å². The van der Waals surface area contributed by atoms with Gasteiger partial charge in [0.2, 0.25) is 5.91 Å². The number of ether oxygens (including phenoxy) is 1. The van der Waals surface area contributed by atoms with E-state index in [4.69, 9.17) is 4.74 Å². The van der Waals surface area contributed by atoms with Gasteiger partial charge in [0.15, 0.2) is 0 Å². The van der Waals surface area contributed by atoms with Gasteiger partial charge in [-0.05, 0) is 31.2 Å². The molecule has 1 aromatic carbocycles. The Morgan fingerprint density at radius 1 is 1.47 bits per heavy atom. The number of carboxylic acids is 1. The molecule has 2 N–H and O–H groups in total. The fourth-order valence-corrected chi connectivity index (χ4v) is 2.03. The fraction of sp³-hybridized carbons (Fsp3) is 0.385. The molecule has 0 radical (unpaired) electrons. The molecule has 1 heterocycles. The highest BCUT2D eigenvalue weighted by atomic mass is 16.5. The Hall–Kier alpha value is -2.24. The zero-order valence-electron chi connectivity index (χ0n) is 10.6. The highest BCUT2D eigenvalue weighted by Crippen LogP contribution is 2.22. The average molecular weight is 264 g/mol. The predicted octanol–water partition coefficient (Wildman–Crippen LogP) is 0.475. The number of nitrogens with one attached hydrogen (secondary N) is 1. The monoisotopic (exact) mass is 264 g/mol. The third kappa shape index (κ3) is 2.96. The molecule has 1 atom stereocenters. The molecule has 1 fully saturated rings. The van der Waals surface area contributed by atoms with Gasteiger partial charge in [-0.15, -0.1) is 0 Å². The number of carbonyl (C=O) groups excluding carboxylic acids is 1. The van der Waals surface area contributed by atoms with Gasteiger partial charge in [-0.25, -0.2) is 4.79 Å². The first-order chi connectivity index (χ1) is 9.11. The first-order valence-electron chi connectivity index (χ1n) is 6.11. The minimum atomic E-state index is -0.950. The van der Waals surface area contributed by atoms with E-state index >= 15 is 0 Å². The second-order valence-corrected chi connectivity index (χ2v) is 4.21. The van der Waals surface area contributed by atoms with Gasteiger partial charge in [-0.1, -0.05) is 0 Å². The summed E-state index contributed by atoms with van der Waals surface area (Å²) in [5.41, 5.74) is 0.700. The Balaban J connectivity index is 2.21. The van der Waals surface area contributed by atoms with E-state index in [0.717, 1.165) is 5.75 Å². The van der Waals surface area contributed by atoms with Crippen LogP contribution < -0.4 is 15.0 Å². The Morgan fingerprint density at radius 3 is 2.74 bits per heavy atom. The second-order valence-electron chi connectivity index (χ2n) is 4.21. The van der Waals surface area contributed by atoms with Crippen molar-refractivity contribution >= 4 is 17.6 Å². The maximum atomic E-state index is 11.4. The molecule has 0 bridgehead atoms. The smallest absolute Gasteiger partial charge is 0.328 e. The molecule has 1 saturated heterocycles. The lowest BCUT2D eigenvalue weighted by atomic mass is 10.1. The first-order valence-corrected chi connectivity index (χ1v) is 6.11. The van der Waals surface area contributed by atoms with Crippen LogP contribution in [0.15, 0.2) is 24.3 Å². The lowest BCUT2D eigenvalue weighted by molar-refractivity contribution is -0.139. The molecule has 0 saturated carbocycles. The molecule has 102 valence electrons. The zero-order chi connectivity index (χ0) is 13.8. The number of anilines is 1. The summed E-state index contributed by atoms with van der Waals surface area (Å²) < 4.78 is 5.33. The third-order valence-corrected chi connectivity index (χ3v) is 2.95. The summed E-state index contributed by atoms with van der Waals surface area (Å²) in [5.74, 6) is -0.403. The number of hydrogen-bond donors (Lipinski definition) is 2. The number of carbonyl (C=O) groups is 2. The van der Waals surface area contributed by atoms with E-state index in [1.165, 1.54) is 0 Å².